The van der Waals surface area contributed by atoms with Crippen molar-refractivity contribution in [3.63, 3.8) is 0 Å². The van der Waals surface area contributed by atoms with Crippen LogP contribution in [0.25, 0.3) is 0 Å². The smallest absolute Gasteiger partial charge is 0.0328 e. The van der Waals surface area contributed by atoms with Crippen LogP contribution in [0, 0.1) is 0 Å². The van der Waals surface area contributed by atoms with Crippen molar-refractivity contribution in [2.45, 2.75) is 57.5 Å². The standard InChI is InChI=1S/C18H30N2/c1-6-18(2,20(4)5)17(19-3)13-14-10-11-15-8-7-9-16(15)12-14/h10-12,17,19H,6-9,13H2,1-5H3. The molecular formula is C18H30N2. The molecule has 1 N–H and O–H groups in total. The van der Waals surface area contributed by atoms with E-state index in [1.807, 2.05) is 0 Å². The lowest BCUT2D eigenvalue weighted by atomic mass is 9.84. The van der Waals surface area contributed by atoms with E-state index in [1.165, 1.54) is 24.8 Å². The quantitative estimate of drug-likeness (QED) is 0.858. The van der Waals surface area contributed by atoms with Gasteiger partial charge in [0.05, 0.1) is 0 Å². The number of hydrogen-bond acceptors (Lipinski definition) is 2. The molecule has 0 aromatic heterocycles. The zero-order valence-electron chi connectivity index (χ0n) is 13.8. The third kappa shape index (κ3) is 2.91. The summed E-state index contributed by atoms with van der Waals surface area (Å²) in [5.41, 5.74) is 4.82. The minimum absolute atomic E-state index is 0.188. The molecule has 1 aliphatic carbocycles. The fourth-order valence-electron chi connectivity index (χ4n) is 3.50. The largest absolute Gasteiger partial charge is 0.315 e. The molecule has 2 atom stereocenters. The maximum absolute atomic E-state index is 3.55. The zero-order chi connectivity index (χ0) is 14.8. The van der Waals surface area contributed by atoms with Gasteiger partial charge >= 0.3 is 0 Å². The van der Waals surface area contributed by atoms with Crippen LogP contribution in [0.4, 0.5) is 0 Å². The van der Waals surface area contributed by atoms with E-state index in [9.17, 15) is 0 Å². The Labute approximate surface area is 124 Å². The molecule has 0 heterocycles. The number of nitrogens with one attached hydrogen (secondary N) is 1. The molecule has 0 amide bonds. The minimum atomic E-state index is 0.188. The molecular weight excluding hydrogens is 244 g/mol. The predicted molar refractivity (Wildman–Crippen MR) is 87.4 cm³/mol. The summed E-state index contributed by atoms with van der Waals surface area (Å²) in [6, 6.07) is 7.60. The summed E-state index contributed by atoms with van der Waals surface area (Å²) >= 11 is 0. The maximum atomic E-state index is 3.55. The molecule has 112 valence electrons. The Bertz CT molecular complexity index is 453. The van der Waals surface area contributed by atoms with Crippen LogP contribution in [0.1, 0.15) is 43.4 Å². The van der Waals surface area contributed by atoms with E-state index in [1.54, 1.807) is 11.1 Å². The Morgan fingerprint density at radius 2 is 1.95 bits per heavy atom. The van der Waals surface area contributed by atoms with Crippen LogP contribution in [0.15, 0.2) is 18.2 Å². The summed E-state index contributed by atoms with van der Waals surface area (Å²) in [4.78, 5) is 2.36. The number of likely N-dealkylation sites (N-methyl/N-ethyl adjacent to an activating group) is 2. The average Bonchev–Trinajstić information content (AvgIpc) is 2.91. The van der Waals surface area contributed by atoms with E-state index in [-0.39, 0.29) is 5.54 Å². The third-order valence-electron chi connectivity index (χ3n) is 5.44. The van der Waals surface area contributed by atoms with Gasteiger partial charge in [0.1, 0.15) is 0 Å². The van der Waals surface area contributed by atoms with Crippen molar-refractivity contribution in [3.8, 4) is 0 Å². The lowest BCUT2D eigenvalue weighted by molar-refractivity contribution is 0.116. The first kappa shape index (κ1) is 15.5. The molecule has 2 heteroatoms. The highest BCUT2D eigenvalue weighted by Crippen LogP contribution is 2.27. The monoisotopic (exact) mass is 274 g/mol. The van der Waals surface area contributed by atoms with Gasteiger partial charge in [-0.3, -0.25) is 0 Å². The van der Waals surface area contributed by atoms with Gasteiger partial charge in [0.25, 0.3) is 0 Å². The summed E-state index contributed by atoms with van der Waals surface area (Å²) in [6.45, 7) is 4.65. The Balaban J connectivity index is 2.18. The van der Waals surface area contributed by atoms with Gasteiger partial charge in [0.15, 0.2) is 0 Å². The van der Waals surface area contributed by atoms with E-state index >= 15 is 0 Å². The zero-order valence-corrected chi connectivity index (χ0v) is 13.8. The van der Waals surface area contributed by atoms with Crippen molar-refractivity contribution in [1.82, 2.24) is 10.2 Å². The van der Waals surface area contributed by atoms with Gasteiger partial charge in [-0.05, 0) is 76.9 Å². The van der Waals surface area contributed by atoms with Gasteiger partial charge < -0.3 is 10.2 Å². The molecule has 20 heavy (non-hydrogen) atoms. The van der Waals surface area contributed by atoms with Gasteiger partial charge in [-0.15, -0.1) is 0 Å². The number of fused-ring (bicyclic) bond motifs is 1. The fraction of sp³-hybridized carbons (Fsp3) is 0.667. The molecule has 0 saturated heterocycles. The van der Waals surface area contributed by atoms with Crippen LogP contribution in [-0.2, 0) is 19.3 Å². The fourth-order valence-corrected chi connectivity index (χ4v) is 3.50. The Kier molecular flexibility index (Phi) is 4.87. The molecule has 1 aliphatic rings. The average molecular weight is 274 g/mol. The van der Waals surface area contributed by atoms with Crippen LogP contribution >= 0.6 is 0 Å². The molecule has 0 fully saturated rings. The molecule has 0 spiro atoms. The van der Waals surface area contributed by atoms with E-state index in [4.69, 9.17) is 0 Å². The summed E-state index contributed by atoms with van der Waals surface area (Å²) in [5, 5.41) is 3.55. The molecule has 2 unspecified atom stereocenters. The van der Waals surface area contributed by atoms with E-state index < -0.39 is 0 Å². The van der Waals surface area contributed by atoms with Crippen LogP contribution in [0.5, 0.6) is 0 Å². The van der Waals surface area contributed by atoms with E-state index in [0.29, 0.717) is 6.04 Å². The van der Waals surface area contributed by atoms with Gasteiger partial charge in [0.2, 0.25) is 0 Å². The SMILES string of the molecule is CCC(C)(C(Cc1ccc2c(c1)CCC2)NC)N(C)C. The lowest BCUT2D eigenvalue weighted by Gasteiger charge is -2.43. The lowest BCUT2D eigenvalue weighted by Crippen LogP contribution is -2.56. The van der Waals surface area contributed by atoms with Gasteiger partial charge in [0, 0.05) is 11.6 Å². The maximum Gasteiger partial charge on any atom is 0.0328 e. The minimum Gasteiger partial charge on any atom is -0.315 e. The predicted octanol–water partition coefficient (Wildman–Crippen LogP) is 3.04. The van der Waals surface area contributed by atoms with Crippen molar-refractivity contribution < 1.29 is 0 Å². The first-order chi connectivity index (χ1) is 9.51. The third-order valence-corrected chi connectivity index (χ3v) is 5.44. The van der Waals surface area contributed by atoms with Crippen LogP contribution in [0.3, 0.4) is 0 Å². The van der Waals surface area contributed by atoms with Crippen molar-refractivity contribution in [3.05, 3.63) is 34.9 Å². The van der Waals surface area contributed by atoms with Crippen LogP contribution in [0.2, 0.25) is 0 Å². The van der Waals surface area contributed by atoms with Crippen molar-refractivity contribution in [2.75, 3.05) is 21.1 Å². The van der Waals surface area contributed by atoms with Crippen LogP contribution in [-0.4, -0.2) is 37.6 Å². The number of nitrogens with zero attached hydrogens (tertiary/aromatic N) is 1. The highest BCUT2D eigenvalue weighted by atomic mass is 15.2. The summed E-state index contributed by atoms with van der Waals surface area (Å²) < 4.78 is 0. The van der Waals surface area contributed by atoms with Crippen molar-refractivity contribution in [1.29, 1.82) is 0 Å². The molecule has 0 bridgehead atoms. The second kappa shape index (κ2) is 6.28. The highest BCUT2D eigenvalue weighted by Gasteiger charge is 2.33. The number of rotatable bonds is 6. The Hall–Kier alpha value is -0.860. The molecule has 1 aromatic rings. The summed E-state index contributed by atoms with van der Waals surface area (Å²) in [7, 11) is 6.47. The van der Waals surface area contributed by atoms with Crippen LogP contribution < -0.4 is 5.32 Å². The summed E-state index contributed by atoms with van der Waals surface area (Å²) in [5.74, 6) is 0. The van der Waals surface area contributed by atoms with Crippen molar-refractivity contribution >= 4 is 0 Å². The normalized spacial score (nSPS) is 18.9. The second-order valence-corrected chi connectivity index (χ2v) is 6.61. The van der Waals surface area contributed by atoms with Gasteiger partial charge in [-0.1, -0.05) is 25.1 Å². The molecule has 1 aromatic carbocycles. The highest BCUT2D eigenvalue weighted by molar-refractivity contribution is 5.35. The first-order valence-corrected chi connectivity index (χ1v) is 7.96. The van der Waals surface area contributed by atoms with E-state index in [2.05, 4.69) is 63.4 Å². The summed E-state index contributed by atoms with van der Waals surface area (Å²) in [6.07, 6.45) is 6.13. The topological polar surface area (TPSA) is 15.3 Å². The molecule has 0 saturated carbocycles. The molecule has 2 nitrogen and oxygen atoms in total. The molecule has 2 rings (SSSR count). The Morgan fingerprint density at radius 1 is 1.25 bits per heavy atom. The molecule has 0 radical (unpaired) electrons. The van der Waals surface area contributed by atoms with Gasteiger partial charge in [-0.2, -0.15) is 0 Å². The van der Waals surface area contributed by atoms with Gasteiger partial charge in [-0.25, -0.2) is 0 Å². The first-order valence-electron chi connectivity index (χ1n) is 7.96. The number of aryl methyl sites for hydroxylation is 2. The Morgan fingerprint density at radius 3 is 2.55 bits per heavy atom. The number of hydrogen-bond donors (Lipinski definition) is 1. The van der Waals surface area contributed by atoms with E-state index in [0.717, 1.165) is 12.8 Å². The second-order valence-electron chi connectivity index (χ2n) is 6.61. The number of benzene rings is 1. The van der Waals surface area contributed by atoms with Crippen molar-refractivity contribution in [2.24, 2.45) is 0 Å². The molecule has 0 aliphatic heterocycles.